The van der Waals surface area contributed by atoms with Crippen LogP contribution < -0.4 is 5.32 Å². The van der Waals surface area contributed by atoms with Crippen LogP contribution in [0.4, 0.5) is 4.39 Å². The number of carbonyl (C=O) groups is 1. The van der Waals surface area contributed by atoms with Gasteiger partial charge >= 0.3 is 0 Å². The third-order valence-corrected chi connectivity index (χ3v) is 3.58. The van der Waals surface area contributed by atoms with E-state index in [1.807, 2.05) is 6.07 Å². The maximum absolute atomic E-state index is 13.8. The van der Waals surface area contributed by atoms with Crippen LogP contribution in [0.25, 0.3) is 0 Å². The molecular formula is C15H13ClFN3O. The Labute approximate surface area is 126 Å². The average Bonchev–Trinajstić information content (AvgIpc) is 2.79. The van der Waals surface area contributed by atoms with E-state index in [-0.39, 0.29) is 10.6 Å². The van der Waals surface area contributed by atoms with Crippen molar-refractivity contribution in [2.75, 3.05) is 0 Å². The summed E-state index contributed by atoms with van der Waals surface area (Å²) in [6, 6.07) is 8.85. The average molecular weight is 306 g/mol. The number of amides is 1. The molecule has 1 aromatic carbocycles. The molecule has 0 fully saturated rings. The second kappa shape index (κ2) is 5.98. The molecule has 1 amide bonds. The van der Waals surface area contributed by atoms with Gasteiger partial charge in [-0.1, -0.05) is 17.7 Å². The van der Waals surface area contributed by atoms with Gasteiger partial charge in [-0.05, 0) is 31.2 Å². The Morgan fingerprint density at radius 3 is 2.71 bits per heavy atom. The third kappa shape index (κ3) is 2.91. The van der Waals surface area contributed by atoms with E-state index < -0.39 is 17.8 Å². The standard InChI is InChI=1S/C15H13ClFN3O/c1-9(14-11(16)4-3-5-12(14)17)19-15(21)13-7-6-10(8-18)20(13)2/h3-7,9H,1-2H3,(H,19,21)/t9-/m1/s1. The summed E-state index contributed by atoms with van der Waals surface area (Å²) < 4.78 is 15.3. The predicted octanol–water partition coefficient (Wildman–Crippen LogP) is 3.18. The van der Waals surface area contributed by atoms with Crippen LogP contribution in [0.1, 0.15) is 34.7 Å². The number of nitrogens with one attached hydrogen (secondary N) is 1. The number of hydrogen-bond donors (Lipinski definition) is 1. The van der Waals surface area contributed by atoms with Gasteiger partial charge in [0, 0.05) is 17.6 Å². The first-order valence-corrected chi connectivity index (χ1v) is 6.64. The maximum Gasteiger partial charge on any atom is 0.268 e. The van der Waals surface area contributed by atoms with Crippen LogP contribution in [0.15, 0.2) is 30.3 Å². The molecule has 6 heteroatoms. The van der Waals surface area contributed by atoms with Gasteiger partial charge < -0.3 is 9.88 Å². The van der Waals surface area contributed by atoms with Crippen molar-refractivity contribution in [2.24, 2.45) is 7.05 Å². The van der Waals surface area contributed by atoms with Crippen molar-refractivity contribution < 1.29 is 9.18 Å². The summed E-state index contributed by atoms with van der Waals surface area (Å²) in [4.78, 5) is 12.2. The highest BCUT2D eigenvalue weighted by Crippen LogP contribution is 2.25. The Hall–Kier alpha value is -2.32. The molecular weight excluding hydrogens is 293 g/mol. The van der Waals surface area contributed by atoms with Crippen molar-refractivity contribution in [1.82, 2.24) is 9.88 Å². The lowest BCUT2D eigenvalue weighted by Gasteiger charge is -2.16. The number of hydrogen-bond acceptors (Lipinski definition) is 2. The van der Waals surface area contributed by atoms with Gasteiger partial charge in [-0.3, -0.25) is 4.79 Å². The van der Waals surface area contributed by atoms with Crippen LogP contribution in [0.5, 0.6) is 0 Å². The Morgan fingerprint density at radius 2 is 2.14 bits per heavy atom. The molecule has 2 aromatic rings. The zero-order chi connectivity index (χ0) is 15.6. The fraction of sp³-hybridized carbons (Fsp3) is 0.200. The summed E-state index contributed by atoms with van der Waals surface area (Å²) in [5.41, 5.74) is 0.935. The van der Waals surface area contributed by atoms with Gasteiger partial charge in [0.15, 0.2) is 0 Å². The van der Waals surface area contributed by atoms with Crippen molar-refractivity contribution in [3.05, 3.63) is 58.1 Å². The SMILES string of the molecule is C[C@@H](NC(=O)c1ccc(C#N)n1C)c1c(F)cccc1Cl. The summed E-state index contributed by atoms with van der Waals surface area (Å²) in [5, 5.41) is 11.8. The van der Waals surface area contributed by atoms with E-state index in [0.717, 1.165) is 0 Å². The number of benzene rings is 1. The third-order valence-electron chi connectivity index (χ3n) is 3.25. The summed E-state index contributed by atoms with van der Waals surface area (Å²) >= 11 is 5.97. The highest BCUT2D eigenvalue weighted by Gasteiger charge is 2.19. The van der Waals surface area contributed by atoms with E-state index in [2.05, 4.69) is 5.32 Å². The molecule has 2 rings (SSSR count). The number of nitriles is 1. The van der Waals surface area contributed by atoms with Gasteiger partial charge in [-0.2, -0.15) is 5.26 Å². The Bertz CT molecular complexity index is 713. The van der Waals surface area contributed by atoms with Gasteiger partial charge in [0.05, 0.1) is 6.04 Å². The lowest BCUT2D eigenvalue weighted by atomic mass is 10.1. The number of carbonyl (C=O) groups excluding carboxylic acids is 1. The minimum Gasteiger partial charge on any atom is -0.344 e. The molecule has 0 aliphatic carbocycles. The minimum absolute atomic E-state index is 0.238. The van der Waals surface area contributed by atoms with Crippen LogP contribution in [0, 0.1) is 17.1 Å². The van der Waals surface area contributed by atoms with Crippen LogP contribution >= 0.6 is 11.6 Å². The summed E-state index contributed by atoms with van der Waals surface area (Å²) in [6.45, 7) is 1.65. The second-order valence-corrected chi connectivity index (χ2v) is 5.01. The van der Waals surface area contributed by atoms with Gasteiger partial charge in [-0.25, -0.2) is 4.39 Å². The van der Waals surface area contributed by atoms with Crippen LogP contribution in [-0.2, 0) is 7.05 Å². The topological polar surface area (TPSA) is 57.8 Å². The number of aromatic nitrogens is 1. The zero-order valence-corrected chi connectivity index (χ0v) is 12.3. The fourth-order valence-electron chi connectivity index (χ4n) is 2.12. The van der Waals surface area contributed by atoms with E-state index in [9.17, 15) is 9.18 Å². The van der Waals surface area contributed by atoms with Crippen molar-refractivity contribution in [2.45, 2.75) is 13.0 Å². The van der Waals surface area contributed by atoms with Gasteiger partial charge in [0.25, 0.3) is 5.91 Å². The van der Waals surface area contributed by atoms with Crippen LogP contribution in [-0.4, -0.2) is 10.5 Å². The van der Waals surface area contributed by atoms with E-state index in [0.29, 0.717) is 11.4 Å². The molecule has 0 aliphatic rings. The predicted molar refractivity (Wildman–Crippen MR) is 77.4 cm³/mol. The molecule has 0 aliphatic heterocycles. The van der Waals surface area contributed by atoms with Crippen molar-refractivity contribution in [3.63, 3.8) is 0 Å². The molecule has 1 N–H and O–H groups in total. The monoisotopic (exact) mass is 305 g/mol. The molecule has 0 saturated carbocycles. The van der Waals surface area contributed by atoms with Crippen LogP contribution in [0.2, 0.25) is 5.02 Å². The Morgan fingerprint density at radius 1 is 1.43 bits per heavy atom. The molecule has 1 atom stereocenters. The quantitative estimate of drug-likeness (QED) is 0.947. The first kappa shape index (κ1) is 15.1. The number of rotatable bonds is 3. The number of halogens is 2. The molecule has 4 nitrogen and oxygen atoms in total. The molecule has 1 heterocycles. The van der Waals surface area contributed by atoms with Gasteiger partial charge in [0.1, 0.15) is 23.3 Å². The lowest BCUT2D eigenvalue weighted by molar-refractivity contribution is 0.0931. The second-order valence-electron chi connectivity index (χ2n) is 4.61. The molecule has 1 aromatic heterocycles. The smallest absolute Gasteiger partial charge is 0.268 e. The molecule has 0 bridgehead atoms. The minimum atomic E-state index is -0.591. The largest absolute Gasteiger partial charge is 0.344 e. The van der Waals surface area contributed by atoms with E-state index >= 15 is 0 Å². The molecule has 108 valence electrons. The molecule has 21 heavy (non-hydrogen) atoms. The summed E-state index contributed by atoms with van der Waals surface area (Å²) in [6.07, 6.45) is 0. The summed E-state index contributed by atoms with van der Waals surface area (Å²) in [5.74, 6) is -0.870. The highest BCUT2D eigenvalue weighted by atomic mass is 35.5. The van der Waals surface area contributed by atoms with E-state index in [1.165, 1.54) is 16.7 Å². The summed E-state index contributed by atoms with van der Waals surface area (Å²) in [7, 11) is 1.62. The van der Waals surface area contributed by atoms with Gasteiger partial charge in [-0.15, -0.1) is 0 Å². The zero-order valence-electron chi connectivity index (χ0n) is 11.5. The first-order chi connectivity index (χ1) is 9.95. The van der Waals surface area contributed by atoms with Gasteiger partial charge in [0.2, 0.25) is 0 Å². The molecule has 0 spiro atoms. The van der Waals surface area contributed by atoms with Crippen LogP contribution in [0.3, 0.4) is 0 Å². The van der Waals surface area contributed by atoms with Crippen molar-refractivity contribution in [1.29, 1.82) is 5.26 Å². The number of nitrogens with zero attached hydrogens (tertiary/aromatic N) is 2. The molecule has 0 unspecified atom stereocenters. The molecule has 0 saturated heterocycles. The first-order valence-electron chi connectivity index (χ1n) is 6.26. The Kier molecular flexibility index (Phi) is 4.29. The lowest BCUT2D eigenvalue weighted by Crippen LogP contribution is -2.29. The van der Waals surface area contributed by atoms with Crippen molar-refractivity contribution in [3.8, 4) is 6.07 Å². The normalized spacial score (nSPS) is 11.8. The van der Waals surface area contributed by atoms with E-state index in [4.69, 9.17) is 16.9 Å². The fourth-order valence-corrected chi connectivity index (χ4v) is 2.45. The maximum atomic E-state index is 13.8. The Balaban J connectivity index is 2.23. The highest BCUT2D eigenvalue weighted by molar-refractivity contribution is 6.31. The van der Waals surface area contributed by atoms with E-state index in [1.54, 1.807) is 32.2 Å². The molecule has 0 radical (unpaired) electrons. The van der Waals surface area contributed by atoms with Crippen molar-refractivity contribution >= 4 is 17.5 Å².